The van der Waals surface area contributed by atoms with Crippen LogP contribution in [0.3, 0.4) is 0 Å². The van der Waals surface area contributed by atoms with Crippen molar-refractivity contribution in [2.24, 2.45) is 0 Å². The average molecular weight is 338 g/mol. The fraction of sp³-hybridized carbons (Fsp3) is 0.316. The Morgan fingerprint density at radius 3 is 2.76 bits per heavy atom. The summed E-state index contributed by atoms with van der Waals surface area (Å²) in [5.41, 5.74) is 2.67. The number of urea groups is 1. The molecule has 130 valence electrons. The number of carbonyl (C=O) groups excluding carboxylic acids is 2. The van der Waals surface area contributed by atoms with Gasteiger partial charge in [-0.25, -0.2) is 4.79 Å². The first-order valence-corrected chi connectivity index (χ1v) is 8.53. The second-order valence-electron chi connectivity index (χ2n) is 6.03. The van der Waals surface area contributed by atoms with Gasteiger partial charge in [-0.3, -0.25) is 9.78 Å². The van der Waals surface area contributed by atoms with Crippen LogP contribution >= 0.6 is 0 Å². The van der Waals surface area contributed by atoms with E-state index in [4.69, 9.17) is 0 Å². The molecule has 6 nitrogen and oxygen atoms in total. The number of hydrogen-bond acceptors (Lipinski definition) is 3. The number of benzene rings is 1. The second-order valence-corrected chi connectivity index (χ2v) is 6.03. The highest BCUT2D eigenvalue weighted by molar-refractivity contribution is 5.94. The molecule has 0 saturated carbocycles. The summed E-state index contributed by atoms with van der Waals surface area (Å²) in [6.07, 6.45) is 4.30. The number of carbonyl (C=O) groups is 2. The van der Waals surface area contributed by atoms with Gasteiger partial charge < -0.3 is 15.5 Å². The molecule has 0 spiro atoms. The predicted molar refractivity (Wildman–Crippen MR) is 96.0 cm³/mol. The Morgan fingerprint density at radius 1 is 1.08 bits per heavy atom. The number of amides is 3. The maximum absolute atomic E-state index is 12.0. The van der Waals surface area contributed by atoms with E-state index in [0.717, 1.165) is 36.3 Å². The van der Waals surface area contributed by atoms with Gasteiger partial charge in [-0.2, -0.15) is 0 Å². The zero-order valence-electron chi connectivity index (χ0n) is 14.1. The molecule has 0 aliphatic carbocycles. The number of nitrogens with one attached hydrogen (secondary N) is 2. The normalized spacial score (nSPS) is 14.2. The molecule has 2 heterocycles. The molecule has 1 saturated heterocycles. The van der Waals surface area contributed by atoms with E-state index in [-0.39, 0.29) is 11.9 Å². The van der Waals surface area contributed by atoms with Crippen LogP contribution in [-0.4, -0.2) is 23.5 Å². The van der Waals surface area contributed by atoms with E-state index in [2.05, 4.69) is 15.6 Å². The fourth-order valence-corrected chi connectivity index (χ4v) is 2.83. The van der Waals surface area contributed by atoms with Crippen molar-refractivity contribution in [2.45, 2.75) is 32.4 Å². The quantitative estimate of drug-likeness (QED) is 0.880. The zero-order chi connectivity index (χ0) is 17.5. The average Bonchev–Trinajstić information content (AvgIpc) is 2.66. The van der Waals surface area contributed by atoms with Crippen LogP contribution in [0.1, 0.15) is 30.5 Å². The molecular weight excluding hydrogens is 316 g/mol. The maximum atomic E-state index is 12.0. The molecule has 2 aromatic rings. The molecule has 3 rings (SSSR count). The lowest BCUT2D eigenvalue weighted by molar-refractivity contribution is -0.119. The van der Waals surface area contributed by atoms with Crippen molar-refractivity contribution < 1.29 is 9.59 Å². The Labute approximate surface area is 147 Å². The molecule has 0 atom stereocenters. The maximum Gasteiger partial charge on any atom is 0.315 e. The summed E-state index contributed by atoms with van der Waals surface area (Å²) >= 11 is 0. The van der Waals surface area contributed by atoms with Crippen LogP contribution < -0.4 is 15.5 Å². The number of hydrogen-bond donors (Lipinski definition) is 2. The summed E-state index contributed by atoms with van der Waals surface area (Å²) in [6, 6.07) is 13.1. The molecular formula is C19H22N4O2. The number of anilines is 1. The Morgan fingerprint density at radius 2 is 1.96 bits per heavy atom. The van der Waals surface area contributed by atoms with E-state index in [1.165, 1.54) is 0 Å². The Balaban J connectivity index is 1.52. The van der Waals surface area contributed by atoms with E-state index in [9.17, 15) is 9.59 Å². The van der Waals surface area contributed by atoms with Gasteiger partial charge in [0, 0.05) is 31.4 Å². The minimum Gasteiger partial charge on any atom is -0.334 e. The largest absolute Gasteiger partial charge is 0.334 e. The molecule has 0 bridgehead atoms. The standard InChI is InChI=1S/C19H22N4O2/c24-18-9-2-4-11-23(18)17-8-5-6-15(12-17)13-21-19(25)22-14-16-7-1-3-10-20-16/h1,3,5-8,10,12H,2,4,9,11,13-14H2,(H2,21,22,25). The lowest BCUT2D eigenvalue weighted by Crippen LogP contribution is -2.36. The van der Waals surface area contributed by atoms with E-state index >= 15 is 0 Å². The van der Waals surface area contributed by atoms with Gasteiger partial charge >= 0.3 is 6.03 Å². The lowest BCUT2D eigenvalue weighted by atomic mass is 10.1. The Hall–Kier alpha value is -2.89. The van der Waals surface area contributed by atoms with Crippen molar-refractivity contribution in [2.75, 3.05) is 11.4 Å². The smallest absolute Gasteiger partial charge is 0.315 e. The van der Waals surface area contributed by atoms with Crippen molar-refractivity contribution in [3.8, 4) is 0 Å². The third-order valence-corrected chi connectivity index (χ3v) is 4.15. The van der Waals surface area contributed by atoms with Gasteiger partial charge in [0.25, 0.3) is 0 Å². The molecule has 1 aliphatic heterocycles. The third-order valence-electron chi connectivity index (χ3n) is 4.15. The molecule has 1 fully saturated rings. The number of nitrogens with zero attached hydrogens (tertiary/aromatic N) is 2. The number of pyridine rings is 1. The molecule has 6 heteroatoms. The summed E-state index contributed by atoms with van der Waals surface area (Å²) in [7, 11) is 0. The lowest BCUT2D eigenvalue weighted by Gasteiger charge is -2.27. The first-order chi connectivity index (χ1) is 12.2. The van der Waals surface area contributed by atoms with Gasteiger partial charge in [-0.1, -0.05) is 18.2 Å². The van der Waals surface area contributed by atoms with Crippen molar-refractivity contribution in [3.63, 3.8) is 0 Å². The minimum absolute atomic E-state index is 0.171. The third kappa shape index (κ3) is 4.79. The van der Waals surface area contributed by atoms with Crippen LogP contribution in [0.4, 0.5) is 10.5 Å². The van der Waals surface area contributed by atoms with Crippen molar-refractivity contribution >= 4 is 17.6 Å². The predicted octanol–water partition coefficient (Wildman–Crippen LogP) is 2.60. The molecule has 1 aliphatic rings. The highest BCUT2D eigenvalue weighted by Crippen LogP contribution is 2.21. The van der Waals surface area contributed by atoms with Crippen LogP contribution in [0.2, 0.25) is 0 Å². The van der Waals surface area contributed by atoms with E-state index in [1.807, 2.05) is 47.4 Å². The summed E-state index contributed by atoms with van der Waals surface area (Å²) < 4.78 is 0. The summed E-state index contributed by atoms with van der Waals surface area (Å²) in [6.45, 7) is 1.55. The Bertz CT molecular complexity index is 733. The molecule has 1 aromatic heterocycles. The molecule has 2 N–H and O–H groups in total. The van der Waals surface area contributed by atoms with Crippen molar-refractivity contribution in [1.29, 1.82) is 0 Å². The van der Waals surface area contributed by atoms with Crippen LogP contribution in [0.25, 0.3) is 0 Å². The van der Waals surface area contributed by atoms with Gasteiger partial charge in [0.15, 0.2) is 0 Å². The second kappa shape index (κ2) is 8.28. The number of aromatic nitrogens is 1. The number of piperidine rings is 1. The first-order valence-electron chi connectivity index (χ1n) is 8.53. The summed E-state index contributed by atoms with van der Waals surface area (Å²) in [4.78, 5) is 29.9. The van der Waals surface area contributed by atoms with Crippen LogP contribution in [0, 0.1) is 0 Å². The van der Waals surface area contributed by atoms with E-state index in [0.29, 0.717) is 19.5 Å². The molecule has 0 unspecified atom stereocenters. The summed E-state index contributed by atoms with van der Waals surface area (Å²) in [5, 5.41) is 5.61. The van der Waals surface area contributed by atoms with Crippen molar-refractivity contribution in [1.82, 2.24) is 15.6 Å². The number of rotatable bonds is 5. The molecule has 25 heavy (non-hydrogen) atoms. The first kappa shape index (κ1) is 17.0. The monoisotopic (exact) mass is 338 g/mol. The summed E-state index contributed by atoms with van der Waals surface area (Å²) in [5.74, 6) is 0.171. The minimum atomic E-state index is -0.245. The van der Waals surface area contributed by atoms with Crippen molar-refractivity contribution in [3.05, 3.63) is 59.9 Å². The highest BCUT2D eigenvalue weighted by Gasteiger charge is 2.19. The molecule has 0 radical (unpaired) electrons. The van der Waals surface area contributed by atoms with Gasteiger partial charge in [0.05, 0.1) is 12.2 Å². The van der Waals surface area contributed by atoms with E-state index in [1.54, 1.807) is 6.20 Å². The molecule has 3 amide bonds. The Kier molecular flexibility index (Phi) is 5.61. The van der Waals surface area contributed by atoms with E-state index < -0.39 is 0 Å². The fourth-order valence-electron chi connectivity index (χ4n) is 2.83. The van der Waals surface area contributed by atoms with Crippen LogP contribution in [0.5, 0.6) is 0 Å². The molecule has 1 aromatic carbocycles. The van der Waals surface area contributed by atoms with Gasteiger partial charge in [0.1, 0.15) is 0 Å². The zero-order valence-corrected chi connectivity index (χ0v) is 14.1. The van der Waals surface area contributed by atoms with Gasteiger partial charge in [-0.15, -0.1) is 0 Å². The highest BCUT2D eigenvalue weighted by atomic mass is 16.2. The van der Waals surface area contributed by atoms with Gasteiger partial charge in [0.2, 0.25) is 5.91 Å². The topological polar surface area (TPSA) is 74.3 Å². The van der Waals surface area contributed by atoms with Gasteiger partial charge in [-0.05, 0) is 42.7 Å². The van der Waals surface area contributed by atoms with Crippen LogP contribution in [0.15, 0.2) is 48.7 Å². The van der Waals surface area contributed by atoms with Crippen LogP contribution in [-0.2, 0) is 17.9 Å². The SMILES string of the molecule is O=C(NCc1cccc(N2CCCCC2=O)c1)NCc1ccccn1.